The minimum absolute atomic E-state index is 0.328. The molecule has 4 nitrogen and oxygen atoms in total. The number of amides is 2. The molecular weight excluding hydrogens is 302 g/mol. The number of halogens is 2. The van der Waals surface area contributed by atoms with Crippen molar-refractivity contribution in [2.24, 2.45) is 11.5 Å². The Balaban J connectivity index is 3.47. The molecule has 2 amide bonds. The van der Waals surface area contributed by atoms with Gasteiger partial charge in [-0.05, 0) is 34.7 Å². The van der Waals surface area contributed by atoms with Crippen LogP contribution in [0.25, 0.3) is 0 Å². The van der Waals surface area contributed by atoms with Crippen molar-refractivity contribution < 1.29 is 14.0 Å². The SMILES string of the molecule is NC(=O)c1cc(I)cc(C(N)=O)c1F. The van der Waals surface area contributed by atoms with Crippen molar-refractivity contribution in [3.8, 4) is 0 Å². The molecule has 0 aliphatic rings. The van der Waals surface area contributed by atoms with Gasteiger partial charge in [-0.25, -0.2) is 4.39 Å². The van der Waals surface area contributed by atoms with E-state index in [1.807, 2.05) is 22.6 Å². The standard InChI is InChI=1S/C8H6FIN2O2/c9-6-4(7(11)13)1-3(10)2-5(6)8(12)14/h1-2H,(H2,11,13)(H2,12,14). The van der Waals surface area contributed by atoms with Gasteiger partial charge in [-0.1, -0.05) is 0 Å². The summed E-state index contributed by atoms with van der Waals surface area (Å²) in [5.74, 6) is -2.82. The zero-order chi connectivity index (χ0) is 10.9. The Morgan fingerprint density at radius 1 is 1.14 bits per heavy atom. The number of benzene rings is 1. The van der Waals surface area contributed by atoms with Gasteiger partial charge < -0.3 is 11.5 Å². The first-order chi connectivity index (χ1) is 6.43. The van der Waals surface area contributed by atoms with Crippen LogP contribution in [0.15, 0.2) is 12.1 Å². The summed E-state index contributed by atoms with van der Waals surface area (Å²) in [6.45, 7) is 0. The van der Waals surface area contributed by atoms with E-state index in [0.29, 0.717) is 3.57 Å². The van der Waals surface area contributed by atoms with Gasteiger partial charge in [-0.15, -0.1) is 0 Å². The van der Waals surface area contributed by atoms with E-state index in [0.717, 1.165) is 0 Å². The van der Waals surface area contributed by atoms with Gasteiger partial charge in [0.25, 0.3) is 11.8 Å². The zero-order valence-electron chi connectivity index (χ0n) is 6.88. The lowest BCUT2D eigenvalue weighted by Gasteiger charge is -2.03. The van der Waals surface area contributed by atoms with Crippen LogP contribution in [0, 0.1) is 9.39 Å². The third-order valence-electron chi connectivity index (χ3n) is 1.57. The van der Waals surface area contributed by atoms with Crippen LogP contribution in [0.2, 0.25) is 0 Å². The van der Waals surface area contributed by atoms with Crippen molar-refractivity contribution >= 4 is 34.4 Å². The van der Waals surface area contributed by atoms with E-state index in [9.17, 15) is 14.0 Å². The lowest BCUT2D eigenvalue weighted by atomic mass is 10.1. The summed E-state index contributed by atoms with van der Waals surface area (Å²) in [6, 6.07) is 2.51. The Morgan fingerprint density at radius 3 is 1.79 bits per heavy atom. The van der Waals surface area contributed by atoms with Gasteiger partial charge in [0.05, 0.1) is 11.1 Å². The van der Waals surface area contributed by atoms with Crippen molar-refractivity contribution in [2.45, 2.75) is 0 Å². The molecule has 0 aromatic heterocycles. The van der Waals surface area contributed by atoms with Crippen LogP contribution >= 0.6 is 22.6 Å². The molecule has 4 N–H and O–H groups in total. The number of rotatable bonds is 2. The number of nitrogens with two attached hydrogens (primary N) is 2. The van der Waals surface area contributed by atoms with Crippen LogP contribution in [-0.2, 0) is 0 Å². The Hall–Kier alpha value is -1.18. The molecule has 0 atom stereocenters. The number of hydrogen-bond acceptors (Lipinski definition) is 2. The van der Waals surface area contributed by atoms with Gasteiger partial charge in [0.2, 0.25) is 0 Å². The second-order valence-corrected chi connectivity index (χ2v) is 3.79. The second-order valence-electron chi connectivity index (χ2n) is 2.54. The average molecular weight is 308 g/mol. The summed E-state index contributed by atoms with van der Waals surface area (Å²) in [5, 5.41) is 0. The molecule has 0 radical (unpaired) electrons. The third kappa shape index (κ3) is 2.00. The highest BCUT2D eigenvalue weighted by molar-refractivity contribution is 14.1. The second kappa shape index (κ2) is 3.91. The van der Waals surface area contributed by atoms with Crippen LogP contribution in [0.3, 0.4) is 0 Å². The molecule has 1 aromatic rings. The minimum Gasteiger partial charge on any atom is -0.366 e. The largest absolute Gasteiger partial charge is 0.366 e. The molecule has 0 fully saturated rings. The molecule has 0 spiro atoms. The van der Waals surface area contributed by atoms with Gasteiger partial charge in [-0.3, -0.25) is 9.59 Å². The lowest BCUT2D eigenvalue weighted by Crippen LogP contribution is -2.19. The van der Waals surface area contributed by atoms with E-state index in [1.165, 1.54) is 12.1 Å². The zero-order valence-corrected chi connectivity index (χ0v) is 9.04. The molecule has 0 bridgehead atoms. The Kier molecular flexibility index (Phi) is 3.04. The van der Waals surface area contributed by atoms with Crippen molar-refractivity contribution in [2.75, 3.05) is 0 Å². The fourth-order valence-corrected chi connectivity index (χ4v) is 1.57. The molecule has 6 heteroatoms. The van der Waals surface area contributed by atoms with E-state index in [2.05, 4.69) is 0 Å². The molecule has 1 rings (SSSR count). The first-order valence-corrected chi connectivity index (χ1v) is 4.60. The maximum Gasteiger partial charge on any atom is 0.251 e. The van der Waals surface area contributed by atoms with Gasteiger partial charge in [0.15, 0.2) is 0 Å². The molecule has 0 unspecified atom stereocenters. The Labute approximate surface area is 92.6 Å². The molecule has 1 aromatic carbocycles. The number of primary amides is 2. The van der Waals surface area contributed by atoms with Gasteiger partial charge in [-0.2, -0.15) is 0 Å². The average Bonchev–Trinajstić information content (AvgIpc) is 2.07. The van der Waals surface area contributed by atoms with E-state index >= 15 is 0 Å². The van der Waals surface area contributed by atoms with E-state index in [4.69, 9.17) is 11.5 Å². The molecule has 0 aliphatic carbocycles. The molecular formula is C8H6FIN2O2. The smallest absolute Gasteiger partial charge is 0.251 e. The van der Waals surface area contributed by atoms with Crippen LogP contribution < -0.4 is 11.5 Å². The van der Waals surface area contributed by atoms with E-state index in [1.54, 1.807) is 0 Å². The van der Waals surface area contributed by atoms with Crippen molar-refractivity contribution in [1.29, 1.82) is 0 Å². The van der Waals surface area contributed by atoms with E-state index in [-0.39, 0.29) is 11.1 Å². The van der Waals surface area contributed by atoms with Crippen LogP contribution in [0.1, 0.15) is 20.7 Å². The molecule has 0 aliphatic heterocycles. The third-order valence-corrected chi connectivity index (χ3v) is 2.19. The highest BCUT2D eigenvalue weighted by atomic mass is 127. The first kappa shape index (κ1) is 10.9. The predicted molar refractivity (Wildman–Crippen MR) is 56.2 cm³/mol. The van der Waals surface area contributed by atoms with Crippen molar-refractivity contribution in [1.82, 2.24) is 0 Å². The summed E-state index contributed by atoms with van der Waals surface area (Å²) in [6.07, 6.45) is 0. The molecule has 0 saturated heterocycles. The Bertz CT molecular complexity index is 385. The molecule has 0 heterocycles. The van der Waals surface area contributed by atoms with Crippen molar-refractivity contribution in [3.63, 3.8) is 0 Å². The van der Waals surface area contributed by atoms with Gasteiger partial charge in [0, 0.05) is 3.57 Å². The summed E-state index contributed by atoms with van der Waals surface area (Å²) in [5.41, 5.74) is 9.18. The highest BCUT2D eigenvalue weighted by Crippen LogP contribution is 2.17. The Morgan fingerprint density at radius 2 is 1.50 bits per heavy atom. The fourth-order valence-electron chi connectivity index (χ4n) is 0.948. The maximum atomic E-state index is 13.3. The normalized spacial score (nSPS) is 9.86. The maximum absolute atomic E-state index is 13.3. The fraction of sp³-hybridized carbons (Fsp3) is 0. The summed E-state index contributed by atoms with van der Waals surface area (Å²) in [7, 11) is 0. The van der Waals surface area contributed by atoms with Crippen LogP contribution in [0.4, 0.5) is 4.39 Å². The minimum atomic E-state index is -0.967. The first-order valence-electron chi connectivity index (χ1n) is 3.52. The van der Waals surface area contributed by atoms with Crippen LogP contribution in [0.5, 0.6) is 0 Å². The summed E-state index contributed by atoms with van der Waals surface area (Å²) < 4.78 is 13.9. The van der Waals surface area contributed by atoms with Crippen molar-refractivity contribution in [3.05, 3.63) is 32.6 Å². The number of carbonyl (C=O) groups excluding carboxylic acids is 2. The highest BCUT2D eigenvalue weighted by Gasteiger charge is 2.17. The number of hydrogen-bond donors (Lipinski definition) is 2. The van der Waals surface area contributed by atoms with E-state index < -0.39 is 17.6 Å². The summed E-state index contributed by atoms with van der Waals surface area (Å²) in [4.78, 5) is 21.6. The predicted octanol–water partition coefficient (Wildman–Crippen LogP) is 0.628. The molecule has 14 heavy (non-hydrogen) atoms. The van der Waals surface area contributed by atoms with Gasteiger partial charge >= 0.3 is 0 Å². The number of carbonyl (C=O) groups is 2. The molecule has 0 saturated carbocycles. The monoisotopic (exact) mass is 308 g/mol. The molecule has 74 valence electrons. The summed E-state index contributed by atoms with van der Waals surface area (Å²) >= 11 is 1.83. The van der Waals surface area contributed by atoms with Crippen LogP contribution in [-0.4, -0.2) is 11.8 Å². The van der Waals surface area contributed by atoms with Gasteiger partial charge in [0.1, 0.15) is 5.82 Å². The topological polar surface area (TPSA) is 86.2 Å². The quantitative estimate of drug-likeness (QED) is 0.785. The lowest BCUT2D eigenvalue weighted by molar-refractivity contribution is 0.0994.